The van der Waals surface area contributed by atoms with E-state index < -0.39 is 5.60 Å². The van der Waals surface area contributed by atoms with E-state index in [1.165, 1.54) is 4.88 Å². The van der Waals surface area contributed by atoms with Crippen LogP contribution in [0.3, 0.4) is 0 Å². The Morgan fingerprint density at radius 2 is 2.10 bits per heavy atom. The number of aliphatic hydroxyl groups is 1. The zero-order valence-electron chi connectivity index (χ0n) is 12.3. The maximum absolute atomic E-state index is 10.5. The van der Waals surface area contributed by atoms with Crippen molar-refractivity contribution < 1.29 is 5.11 Å². The zero-order chi connectivity index (χ0) is 14.7. The second-order valence-corrected chi connectivity index (χ2v) is 7.07. The van der Waals surface area contributed by atoms with Gasteiger partial charge in [0.25, 0.3) is 0 Å². The van der Waals surface area contributed by atoms with Crippen molar-refractivity contribution in [3.8, 4) is 10.7 Å². The molecule has 5 heteroatoms. The Balaban J connectivity index is 1.62. The van der Waals surface area contributed by atoms with Crippen LogP contribution in [0.4, 0.5) is 0 Å². The SMILES string of the molecule is CN(Cc1cnc(-c2ccccn2)s1)CC1(O)CCCC1. The number of pyridine rings is 1. The predicted molar refractivity (Wildman–Crippen MR) is 85.1 cm³/mol. The van der Waals surface area contributed by atoms with E-state index in [9.17, 15) is 5.11 Å². The summed E-state index contributed by atoms with van der Waals surface area (Å²) in [5.41, 5.74) is 0.439. The minimum absolute atomic E-state index is 0.483. The van der Waals surface area contributed by atoms with Gasteiger partial charge in [-0.05, 0) is 32.0 Å². The molecule has 3 rings (SSSR count). The molecule has 0 spiro atoms. The van der Waals surface area contributed by atoms with Crippen molar-refractivity contribution in [3.63, 3.8) is 0 Å². The van der Waals surface area contributed by atoms with Crippen LogP contribution in [0.15, 0.2) is 30.6 Å². The molecule has 0 aliphatic heterocycles. The van der Waals surface area contributed by atoms with Gasteiger partial charge in [-0.1, -0.05) is 18.9 Å². The molecular formula is C16H21N3OS. The molecule has 0 unspecified atom stereocenters. The standard InChI is InChI=1S/C16H21N3OS/c1-19(12-16(20)7-3-4-8-16)11-13-10-18-15(21-13)14-6-2-5-9-17-14/h2,5-6,9-10,20H,3-4,7-8,11-12H2,1H3. The number of thiazole rings is 1. The average molecular weight is 303 g/mol. The zero-order valence-corrected chi connectivity index (χ0v) is 13.1. The van der Waals surface area contributed by atoms with Gasteiger partial charge in [-0.2, -0.15) is 0 Å². The molecule has 0 aromatic carbocycles. The largest absolute Gasteiger partial charge is 0.389 e. The number of likely N-dealkylation sites (N-methyl/N-ethyl adjacent to an activating group) is 1. The summed E-state index contributed by atoms with van der Waals surface area (Å²) in [6.45, 7) is 1.57. The third-order valence-corrected chi connectivity index (χ3v) is 4.97. The third kappa shape index (κ3) is 3.67. The van der Waals surface area contributed by atoms with Gasteiger partial charge in [0.15, 0.2) is 0 Å². The van der Waals surface area contributed by atoms with Crippen LogP contribution in [-0.4, -0.2) is 39.2 Å². The van der Waals surface area contributed by atoms with E-state index in [4.69, 9.17) is 0 Å². The van der Waals surface area contributed by atoms with Crippen LogP contribution in [-0.2, 0) is 6.54 Å². The molecule has 1 N–H and O–H groups in total. The topological polar surface area (TPSA) is 49.2 Å². The fourth-order valence-electron chi connectivity index (χ4n) is 3.00. The first-order valence-corrected chi connectivity index (χ1v) is 8.23. The van der Waals surface area contributed by atoms with Gasteiger partial charge in [0.2, 0.25) is 0 Å². The van der Waals surface area contributed by atoms with Gasteiger partial charge in [-0.25, -0.2) is 4.98 Å². The van der Waals surface area contributed by atoms with Crippen LogP contribution in [0.1, 0.15) is 30.6 Å². The Labute approximate surface area is 129 Å². The van der Waals surface area contributed by atoms with E-state index in [-0.39, 0.29) is 0 Å². The maximum Gasteiger partial charge on any atom is 0.142 e. The maximum atomic E-state index is 10.5. The van der Waals surface area contributed by atoms with Gasteiger partial charge in [-0.15, -0.1) is 11.3 Å². The summed E-state index contributed by atoms with van der Waals surface area (Å²) in [6.07, 6.45) is 7.86. The van der Waals surface area contributed by atoms with Crippen molar-refractivity contribution in [2.24, 2.45) is 0 Å². The molecule has 1 aliphatic carbocycles. The quantitative estimate of drug-likeness (QED) is 0.922. The average Bonchev–Trinajstić information content (AvgIpc) is 3.09. The second kappa shape index (κ2) is 6.22. The first kappa shape index (κ1) is 14.6. The first-order chi connectivity index (χ1) is 10.1. The number of rotatable bonds is 5. The molecule has 4 nitrogen and oxygen atoms in total. The summed E-state index contributed by atoms with van der Waals surface area (Å²) in [5.74, 6) is 0. The lowest BCUT2D eigenvalue weighted by molar-refractivity contribution is 0.0147. The molecule has 2 aromatic heterocycles. The summed E-state index contributed by atoms with van der Waals surface area (Å²) in [4.78, 5) is 12.2. The van der Waals surface area contributed by atoms with Gasteiger partial charge in [-0.3, -0.25) is 9.88 Å². The van der Waals surface area contributed by atoms with Crippen molar-refractivity contribution >= 4 is 11.3 Å². The summed E-state index contributed by atoms with van der Waals surface area (Å²) < 4.78 is 0. The molecule has 0 radical (unpaired) electrons. The fraction of sp³-hybridized carbons (Fsp3) is 0.500. The van der Waals surface area contributed by atoms with Gasteiger partial charge in [0.05, 0.1) is 11.3 Å². The molecule has 112 valence electrons. The molecule has 2 heterocycles. The first-order valence-electron chi connectivity index (χ1n) is 7.42. The summed E-state index contributed by atoms with van der Waals surface area (Å²) >= 11 is 1.67. The van der Waals surface area contributed by atoms with Crippen LogP contribution < -0.4 is 0 Å². The predicted octanol–water partition coefficient (Wildman–Crippen LogP) is 2.94. The minimum atomic E-state index is -0.483. The van der Waals surface area contributed by atoms with E-state index in [1.54, 1.807) is 17.5 Å². The Kier molecular flexibility index (Phi) is 4.33. The highest BCUT2D eigenvalue weighted by atomic mass is 32.1. The van der Waals surface area contributed by atoms with Crippen LogP contribution in [0, 0.1) is 0 Å². The number of nitrogens with zero attached hydrogens (tertiary/aromatic N) is 3. The molecule has 1 saturated carbocycles. The molecule has 21 heavy (non-hydrogen) atoms. The Morgan fingerprint density at radius 3 is 2.81 bits per heavy atom. The molecule has 1 aliphatic rings. The lowest BCUT2D eigenvalue weighted by Gasteiger charge is -2.28. The van der Waals surface area contributed by atoms with Gasteiger partial charge >= 0.3 is 0 Å². The molecule has 0 atom stereocenters. The highest BCUT2D eigenvalue weighted by molar-refractivity contribution is 7.14. The highest BCUT2D eigenvalue weighted by Crippen LogP contribution is 2.31. The van der Waals surface area contributed by atoms with E-state index in [0.717, 1.165) is 49.5 Å². The fourth-order valence-corrected chi connectivity index (χ4v) is 3.97. The Bertz CT molecular complexity index is 578. The van der Waals surface area contributed by atoms with Crippen molar-refractivity contribution in [1.82, 2.24) is 14.9 Å². The number of aromatic nitrogens is 2. The van der Waals surface area contributed by atoms with Crippen LogP contribution >= 0.6 is 11.3 Å². The summed E-state index contributed by atoms with van der Waals surface area (Å²) in [7, 11) is 2.07. The molecule has 0 bridgehead atoms. The molecule has 0 amide bonds. The van der Waals surface area contributed by atoms with Crippen LogP contribution in [0.2, 0.25) is 0 Å². The third-order valence-electron chi connectivity index (χ3n) is 3.96. The lowest BCUT2D eigenvalue weighted by atomic mass is 10.0. The van der Waals surface area contributed by atoms with Gasteiger partial charge < -0.3 is 5.11 Å². The molecular weight excluding hydrogens is 282 g/mol. The lowest BCUT2D eigenvalue weighted by Crippen LogP contribution is -2.38. The molecule has 0 saturated heterocycles. The normalized spacial score (nSPS) is 17.5. The van der Waals surface area contributed by atoms with E-state index in [2.05, 4.69) is 21.9 Å². The van der Waals surface area contributed by atoms with Gasteiger partial charge in [0, 0.05) is 30.4 Å². The van der Waals surface area contributed by atoms with Crippen molar-refractivity contribution in [2.45, 2.75) is 37.8 Å². The number of hydrogen-bond donors (Lipinski definition) is 1. The Hall–Kier alpha value is -1.30. The monoisotopic (exact) mass is 303 g/mol. The van der Waals surface area contributed by atoms with Crippen LogP contribution in [0.25, 0.3) is 10.7 Å². The van der Waals surface area contributed by atoms with Crippen molar-refractivity contribution in [3.05, 3.63) is 35.5 Å². The molecule has 1 fully saturated rings. The van der Waals surface area contributed by atoms with E-state index in [1.807, 2.05) is 24.4 Å². The van der Waals surface area contributed by atoms with E-state index >= 15 is 0 Å². The minimum Gasteiger partial charge on any atom is -0.389 e. The van der Waals surface area contributed by atoms with Crippen LogP contribution in [0.5, 0.6) is 0 Å². The highest BCUT2D eigenvalue weighted by Gasteiger charge is 2.32. The second-order valence-electron chi connectivity index (χ2n) is 5.95. The van der Waals surface area contributed by atoms with E-state index in [0.29, 0.717) is 0 Å². The summed E-state index contributed by atoms with van der Waals surface area (Å²) in [6, 6.07) is 5.87. The summed E-state index contributed by atoms with van der Waals surface area (Å²) in [5, 5.41) is 11.4. The van der Waals surface area contributed by atoms with Crippen molar-refractivity contribution in [2.75, 3.05) is 13.6 Å². The van der Waals surface area contributed by atoms with Crippen molar-refractivity contribution in [1.29, 1.82) is 0 Å². The number of hydrogen-bond acceptors (Lipinski definition) is 5. The Morgan fingerprint density at radius 1 is 1.29 bits per heavy atom. The van der Waals surface area contributed by atoms with Gasteiger partial charge in [0.1, 0.15) is 5.01 Å². The molecule has 2 aromatic rings. The smallest absolute Gasteiger partial charge is 0.142 e.